The molecule has 1 fully saturated rings. The highest BCUT2D eigenvalue weighted by atomic mass is 19.4. The largest absolute Gasteiger partial charge is 0.389 e. The minimum absolute atomic E-state index is 0.0382. The Labute approximate surface area is 91.5 Å². The van der Waals surface area contributed by atoms with Gasteiger partial charge in [-0.2, -0.15) is 13.2 Å². The van der Waals surface area contributed by atoms with Crippen LogP contribution in [0.2, 0.25) is 0 Å². The molecule has 1 rings (SSSR count). The van der Waals surface area contributed by atoms with Crippen molar-refractivity contribution >= 4 is 5.91 Å². The van der Waals surface area contributed by atoms with Crippen LogP contribution in [0.1, 0.15) is 12.8 Å². The zero-order chi connectivity index (χ0) is 12.0. The molecule has 0 aromatic heterocycles. The number of ether oxygens (including phenoxy) is 1. The number of nitrogens with one attached hydrogen (secondary N) is 2. The Morgan fingerprint density at radius 1 is 1.50 bits per heavy atom. The Kier molecular flexibility index (Phi) is 5.01. The summed E-state index contributed by atoms with van der Waals surface area (Å²) in [5.74, 6) is -0.304. The second-order valence-electron chi connectivity index (χ2n) is 3.59. The van der Waals surface area contributed by atoms with Gasteiger partial charge in [-0.15, -0.1) is 0 Å². The van der Waals surface area contributed by atoms with Crippen molar-refractivity contribution in [2.24, 2.45) is 0 Å². The summed E-state index contributed by atoms with van der Waals surface area (Å²) in [5.41, 5.74) is 0. The van der Waals surface area contributed by atoms with Crippen molar-refractivity contribution < 1.29 is 22.7 Å². The van der Waals surface area contributed by atoms with Crippen molar-refractivity contribution in [2.45, 2.75) is 25.1 Å². The van der Waals surface area contributed by atoms with E-state index in [0.717, 1.165) is 0 Å². The summed E-state index contributed by atoms with van der Waals surface area (Å²) < 4.78 is 40.4. The molecule has 0 saturated carbocycles. The first kappa shape index (κ1) is 13.2. The van der Waals surface area contributed by atoms with Crippen LogP contribution in [-0.4, -0.2) is 44.4 Å². The number of halogens is 3. The van der Waals surface area contributed by atoms with Gasteiger partial charge in [-0.25, -0.2) is 0 Å². The number of rotatable bonds is 4. The highest BCUT2D eigenvalue weighted by molar-refractivity contribution is 5.81. The van der Waals surface area contributed by atoms with Crippen molar-refractivity contribution in [1.29, 1.82) is 0 Å². The molecule has 1 aliphatic rings. The lowest BCUT2D eigenvalue weighted by Gasteiger charge is -2.22. The van der Waals surface area contributed by atoms with Crippen LogP contribution in [0.3, 0.4) is 0 Å². The number of alkyl halides is 3. The van der Waals surface area contributed by atoms with Gasteiger partial charge in [-0.3, -0.25) is 4.79 Å². The van der Waals surface area contributed by atoms with Gasteiger partial charge in [-0.1, -0.05) is 0 Å². The van der Waals surface area contributed by atoms with Gasteiger partial charge in [0.1, 0.15) is 6.04 Å². The first-order valence-electron chi connectivity index (χ1n) is 5.14. The number of amides is 1. The second-order valence-corrected chi connectivity index (χ2v) is 3.59. The molecule has 0 bridgehead atoms. The van der Waals surface area contributed by atoms with Crippen molar-refractivity contribution in [3.63, 3.8) is 0 Å². The number of morpholine rings is 1. The molecule has 16 heavy (non-hydrogen) atoms. The van der Waals surface area contributed by atoms with E-state index in [9.17, 15) is 18.0 Å². The summed E-state index contributed by atoms with van der Waals surface area (Å²) in [6.45, 7) is 1.44. The summed E-state index contributed by atoms with van der Waals surface area (Å²) in [7, 11) is 0. The third-order valence-electron chi connectivity index (χ3n) is 2.17. The summed E-state index contributed by atoms with van der Waals surface area (Å²) in [4.78, 5) is 11.4. The van der Waals surface area contributed by atoms with Crippen LogP contribution < -0.4 is 10.6 Å². The normalized spacial score (nSPS) is 21.8. The van der Waals surface area contributed by atoms with Gasteiger partial charge in [0.2, 0.25) is 5.91 Å². The van der Waals surface area contributed by atoms with Crippen molar-refractivity contribution in [2.75, 3.05) is 26.3 Å². The summed E-state index contributed by atoms with van der Waals surface area (Å²) in [5, 5.41) is 5.36. The Hall–Kier alpha value is -0.820. The smallest absolute Gasteiger partial charge is 0.378 e. The Bertz CT molecular complexity index is 227. The Morgan fingerprint density at radius 2 is 2.25 bits per heavy atom. The molecule has 2 N–H and O–H groups in total. The van der Waals surface area contributed by atoms with Gasteiger partial charge in [0.25, 0.3) is 0 Å². The fourth-order valence-corrected chi connectivity index (χ4v) is 1.36. The predicted molar refractivity (Wildman–Crippen MR) is 50.9 cm³/mol. The molecule has 0 aromatic rings. The van der Waals surface area contributed by atoms with Crippen LogP contribution in [0.15, 0.2) is 0 Å². The van der Waals surface area contributed by atoms with Crippen LogP contribution >= 0.6 is 0 Å². The van der Waals surface area contributed by atoms with E-state index in [0.29, 0.717) is 13.2 Å². The third-order valence-corrected chi connectivity index (χ3v) is 2.17. The second kappa shape index (κ2) is 6.05. The van der Waals surface area contributed by atoms with Crippen molar-refractivity contribution in [3.8, 4) is 0 Å². The van der Waals surface area contributed by atoms with E-state index in [2.05, 4.69) is 10.6 Å². The molecular formula is C9H15F3N2O2. The van der Waals surface area contributed by atoms with E-state index in [-0.39, 0.29) is 25.5 Å². The predicted octanol–water partition coefficient (Wildman–Crippen LogP) is 0.433. The van der Waals surface area contributed by atoms with Crippen molar-refractivity contribution in [1.82, 2.24) is 10.6 Å². The monoisotopic (exact) mass is 240 g/mol. The van der Waals surface area contributed by atoms with Crippen LogP contribution in [0.5, 0.6) is 0 Å². The standard InChI is InChI=1S/C9H15F3N2O2/c10-9(11,12)2-1-3-14-8(15)7-6-16-5-4-13-7/h7,13H,1-6H2,(H,14,15). The van der Waals surface area contributed by atoms with Gasteiger partial charge in [0.15, 0.2) is 0 Å². The van der Waals surface area contributed by atoms with E-state index in [1.54, 1.807) is 0 Å². The average molecular weight is 240 g/mol. The van der Waals surface area contributed by atoms with Gasteiger partial charge >= 0.3 is 6.18 Å². The fraction of sp³-hybridized carbons (Fsp3) is 0.889. The quantitative estimate of drug-likeness (QED) is 0.701. The molecule has 0 radical (unpaired) electrons. The van der Waals surface area contributed by atoms with Crippen LogP contribution in [0.25, 0.3) is 0 Å². The topological polar surface area (TPSA) is 50.4 Å². The zero-order valence-electron chi connectivity index (χ0n) is 8.77. The molecule has 94 valence electrons. The molecule has 0 aromatic carbocycles. The molecule has 1 atom stereocenters. The van der Waals surface area contributed by atoms with Gasteiger partial charge < -0.3 is 15.4 Å². The molecule has 1 heterocycles. The molecule has 0 aliphatic carbocycles. The minimum atomic E-state index is -4.16. The van der Waals surface area contributed by atoms with Crippen molar-refractivity contribution in [3.05, 3.63) is 0 Å². The van der Waals surface area contributed by atoms with E-state index < -0.39 is 18.6 Å². The number of hydrogen-bond donors (Lipinski definition) is 2. The third kappa shape index (κ3) is 5.32. The molecule has 7 heteroatoms. The molecule has 1 saturated heterocycles. The van der Waals surface area contributed by atoms with Gasteiger partial charge in [0, 0.05) is 19.5 Å². The molecule has 1 unspecified atom stereocenters. The maximum Gasteiger partial charge on any atom is 0.389 e. The summed E-state index contributed by atoms with van der Waals surface area (Å²) in [6.07, 6.45) is -5.12. The Morgan fingerprint density at radius 3 is 2.81 bits per heavy atom. The fourth-order valence-electron chi connectivity index (χ4n) is 1.36. The first-order valence-corrected chi connectivity index (χ1v) is 5.14. The van der Waals surface area contributed by atoms with E-state index in [1.807, 2.05) is 0 Å². The lowest BCUT2D eigenvalue weighted by atomic mass is 10.2. The summed E-state index contributed by atoms with van der Waals surface area (Å²) >= 11 is 0. The summed E-state index contributed by atoms with van der Waals surface area (Å²) in [6, 6.07) is -0.445. The maximum atomic E-state index is 11.8. The van der Waals surface area contributed by atoms with Gasteiger partial charge in [0.05, 0.1) is 13.2 Å². The van der Waals surface area contributed by atoms with E-state index in [1.165, 1.54) is 0 Å². The Balaban J connectivity index is 2.10. The average Bonchev–Trinajstić information content (AvgIpc) is 2.24. The first-order chi connectivity index (χ1) is 7.49. The van der Waals surface area contributed by atoms with Crippen LogP contribution in [0, 0.1) is 0 Å². The molecular weight excluding hydrogens is 225 g/mol. The van der Waals surface area contributed by atoms with E-state index >= 15 is 0 Å². The highest BCUT2D eigenvalue weighted by Crippen LogP contribution is 2.20. The van der Waals surface area contributed by atoms with Crippen LogP contribution in [0.4, 0.5) is 13.2 Å². The number of hydrogen-bond acceptors (Lipinski definition) is 3. The lowest BCUT2D eigenvalue weighted by molar-refractivity contribution is -0.136. The maximum absolute atomic E-state index is 11.8. The molecule has 4 nitrogen and oxygen atoms in total. The molecule has 1 amide bonds. The molecule has 0 spiro atoms. The number of carbonyl (C=O) groups is 1. The van der Waals surface area contributed by atoms with Gasteiger partial charge in [-0.05, 0) is 6.42 Å². The lowest BCUT2D eigenvalue weighted by Crippen LogP contribution is -2.51. The SMILES string of the molecule is O=C(NCCCC(F)(F)F)C1COCCN1. The molecule has 1 aliphatic heterocycles. The highest BCUT2D eigenvalue weighted by Gasteiger charge is 2.26. The van der Waals surface area contributed by atoms with Crippen LogP contribution in [-0.2, 0) is 9.53 Å². The zero-order valence-corrected chi connectivity index (χ0v) is 8.77. The minimum Gasteiger partial charge on any atom is -0.378 e. The number of carbonyl (C=O) groups excluding carboxylic acids is 1. The van der Waals surface area contributed by atoms with E-state index in [4.69, 9.17) is 4.74 Å².